The first-order valence-corrected chi connectivity index (χ1v) is 8.33. The van der Waals surface area contributed by atoms with Crippen molar-refractivity contribution in [2.45, 2.75) is 45.1 Å². The summed E-state index contributed by atoms with van der Waals surface area (Å²) >= 11 is 1.24. The molecule has 1 N–H and O–H groups in total. The van der Waals surface area contributed by atoms with Crippen molar-refractivity contribution < 1.29 is 9.59 Å². The molecule has 3 rings (SSSR count). The Morgan fingerprint density at radius 1 is 1.32 bits per heavy atom. The fourth-order valence-electron chi connectivity index (χ4n) is 2.66. The summed E-state index contributed by atoms with van der Waals surface area (Å²) in [5, 5.41) is 8.73. The first-order chi connectivity index (χ1) is 10.6. The van der Waals surface area contributed by atoms with Crippen LogP contribution in [0.15, 0.2) is 17.8 Å². The average molecular weight is 318 g/mol. The summed E-state index contributed by atoms with van der Waals surface area (Å²) < 4.78 is 1.85. The van der Waals surface area contributed by atoms with Gasteiger partial charge in [-0.1, -0.05) is 19.3 Å². The molecule has 2 aromatic heterocycles. The molecular formula is C15H18N4O2S. The van der Waals surface area contributed by atoms with Crippen LogP contribution in [0.25, 0.3) is 0 Å². The van der Waals surface area contributed by atoms with Crippen molar-refractivity contribution in [3.05, 3.63) is 28.2 Å². The van der Waals surface area contributed by atoms with Crippen LogP contribution in [-0.4, -0.2) is 26.5 Å². The van der Waals surface area contributed by atoms with Gasteiger partial charge in [0.15, 0.2) is 5.78 Å². The highest BCUT2D eigenvalue weighted by atomic mass is 32.1. The molecule has 2 heterocycles. The summed E-state index contributed by atoms with van der Waals surface area (Å²) in [6.07, 6.45) is 7.63. The number of ketones is 1. The molecule has 1 aliphatic rings. The van der Waals surface area contributed by atoms with Gasteiger partial charge in [0.1, 0.15) is 6.33 Å². The summed E-state index contributed by atoms with van der Waals surface area (Å²) in [5.41, 5.74) is 0.552. The number of hydrogen-bond acceptors (Lipinski definition) is 5. The maximum atomic E-state index is 12.1. The SMILES string of the molecule is CC(=O)c1csc(C(=O)Nc2ncn(C3CCCCC3)n2)c1. The number of hydrogen-bond donors (Lipinski definition) is 1. The van der Waals surface area contributed by atoms with Crippen LogP contribution >= 0.6 is 11.3 Å². The Hall–Kier alpha value is -2.02. The minimum atomic E-state index is -0.279. The predicted molar refractivity (Wildman–Crippen MR) is 84.4 cm³/mol. The molecule has 0 saturated heterocycles. The number of carbonyl (C=O) groups excluding carboxylic acids is 2. The molecule has 22 heavy (non-hydrogen) atoms. The Kier molecular flexibility index (Phi) is 4.33. The Balaban J connectivity index is 1.66. The minimum absolute atomic E-state index is 0.0463. The molecule has 0 aromatic carbocycles. The molecule has 2 aromatic rings. The molecule has 0 unspecified atom stereocenters. The highest BCUT2D eigenvalue weighted by Gasteiger charge is 2.18. The van der Waals surface area contributed by atoms with Crippen LogP contribution < -0.4 is 5.32 Å². The lowest BCUT2D eigenvalue weighted by Gasteiger charge is -2.20. The average Bonchev–Trinajstić information content (AvgIpc) is 3.17. The molecule has 0 bridgehead atoms. The topological polar surface area (TPSA) is 76.9 Å². The van der Waals surface area contributed by atoms with Gasteiger partial charge in [-0.05, 0) is 25.8 Å². The van der Waals surface area contributed by atoms with E-state index in [0.29, 0.717) is 22.4 Å². The highest BCUT2D eigenvalue weighted by Crippen LogP contribution is 2.27. The Morgan fingerprint density at radius 2 is 2.09 bits per heavy atom. The zero-order valence-electron chi connectivity index (χ0n) is 12.4. The number of carbonyl (C=O) groups is 2. The molecule has 0 spiro atoms. The van der Waals surface area contributed by atoms with Gasteiger partial charge >= 0.3 is 0 Å². The van der Waals surface area contributed by atoms with E-state index >= 15 is 0 Å². The number of aromatic nitrogens is 3. The van der Waals surface area contributed by atoms with E-state index in [2.05, 4.69) is 15.4 Å². The number of thiophene rings is 1. The molecule has 0 aliphatic heterocycles. The second kappa shape index (κ2) is 6.39. The van der Waals surface area contributed by atoms with Gasteiger partial charge in [-0.3, -0.25) is 14.9 Å². The molecule has 1 fully saturated rings. The van der Waals surface area contributed by atoms with Gasteiger partial charge in [0.2, 0.25) is 5.95 Å². The Bertz CT molecular complexity index is 685. The van der Waals surface area contributed by atoms with Gasteiger partial charge < -0.3 is 0 Å². The third kappa shape index (κ3) is 3.24. The minimum Gasteiger partial charge on any atom is -0.294 e. The smallest absolute Gasteiger partial charge is 0.268 e. The molecule has 0 atom stereocenters. The van der Waals surface area contributed by atoms with Crippen molar-refractivity contribution in [3.8, 4) is 0 Å². The van der Waals surface area contributed by atoms with Gasteiger partial charge in [0, 0.05) is 10.9 Å². The monoisotopic (exact) mass is 318 g/mol. The van der Waals surface area contributed by atoms with E-state index in [-0.39, 0.29) is 11.7 Å². The molecule has 1 aliphatic carbocycles. The predicted octanol–water partition coefficient (Wildman–Crippen LogP) is 3.30. The largest absolute Gasteiger partial charge is 0.294 e. The van der Waals surface area contributed by atoms with E-state index in [1.165, 1.54) is 37.5 Å². The number of anilines is 1. The second-order valence-electron chi connectivity index (χ2n) is 5.55. The number of Topliss-reactive ketones (excluding diaryl/α,β-unsaturated/α-hetero) is 1. The summed E-state index contributed by atoms with van der Waals surface area (Å²) in [6, 6.07) is 1.98. The number of nitrogens with zero attached hydrogens (tertiary/aromatic N) is 3. The van der Waals surface area contributed by atoms with Crippen LogP contribution in [0.3, 0.4) is 0 Å². The summed E-state index contributed by atoms with van der Waals surface area (Å²) in [6.45, 7) is 1.48. The van der Waals surface area contributed by atoms with Gasteiger partial charge in [0.25, 0.3) is 5.91 Å². The Labute approximate surface area is 132 Å². The first-order valence-electron chi connectivity index (χ1n) is 7.45. The number of rotatable bonds is 4. The molecule has 7 heteroatoms. The molecule has 0 radical (unpaired) electrons. The van der Waals surface area contributed by atoms with Crippen LogP contribution in [0.5, 0.6) is 0 Å². The fourth-order valence-corrected chi connectivity index (χ4v) is 3.50. The third-order valence-corrected chi connectivity index (χ3v) is 4.84. The lowest BCUT2D eigenvalue weighted by Crippen LogP contribution is -2.15. The van der Waals surface area contributed by atoms with E-state index in [9.17, 15) is 9.59 Å². The van der Waals surface area contributed by atoms with E-state index in [1.807, 2.05) is 4.68 Å². The van der Waals surface area contributed by atoms with E-state index in [1.54, 1.807) is 17.8 Å². The van der Waals surface area contributed by atoms with Crippen molar-refractivity contribution in [3.63, 3.8) is 0 Å². The van der Waals surface area contributed by atoms with E-state index in [0.717, 1.165) is 12.8 Å². The Morgan fingerprint density at radius 3 is 2.77 bits per heavy atom. The van der Waals surface area contributed by atoms with Crippen LogP contribution in [-0.2, 0) is 0 Å². The maximum Gasteiger partial charge on any atom is 0.268 e. The lowest BCUT2D eigenvalue weighted by molar-refractivity contribution is 0.101. The van der Waals surface area contributed by atoms with Gasteiger partial charge in [-0.25, -0.2) is 9.67 Å². The molecule has 6 nitrogen and oxygen atoms in total. The maximum absolute atomic E-state index is 12.1. The van der Waals surface area contributed by atoms with Crippen LogP contribution in [0.4, 0.5) is 5.95 Å². The quantitative estimate of drug-likeness (QED) is 0.877. The lowest BCUT2D eigenvalue weighted by atomic mass is 9.96. The third-order valence-electron chi connectivity index (χ3n) is 3.91. The zero-order valence-corrected chi connectivity index (χ0v) is 13.2. The molecule has 1 amide bonds. The normalized spacial score (nSPS) is 15.7. The van der Waals surface area contributed by atoms with E-state index < -0.39 is 0 Å². The van der Waals surface area contributed by atoms with Gasteiger partial charge in [0.05, 0.1) is 10.9 Å². The fraction of sp³-hybridized carbons (Fsp3) is 0.467. The second-order valence-corrected chi connectivity index (χ2v) is 6.46. The highest BCUT2D eigenvalue weighted by molar-refractivity contribution is 7.12. The van der Waals surface area contributed by atoms with Crippen LogP contribution in [0, 0.1) is 0 Å². The van der Waals surface area contributed by atoms with E-state index in [4.69, 9.17) is 0 Å². The van der Waals surface area contributed by atoms with Crippen molar-refractivity contribution in [1.82, 2.24) is 14.8 Å². The van der Waals surface area contributed by atoms with Crippen molar-refractivity contribution >= 4 is 29.0 Å². The number of amides is 1. The standard InChI is InChI=1S/C15H18N4O2S/c1-10(20)11-7-13(22-8-11)14(21)17-15-16-9-19(18-15)12-5-3-2-4-6-12/h7-9,12H,2-6H2,1H3,(H,17,18,21). The molecule has 116 valence electrons. The first kappa shape index (κ1) is 14.9. The van der Waals surface area contributed by atoms with Crippen LogP contribution in [0.1, 0.15) is 65.1 Å². The van der Waals surface area contributed by atoms with Crippen molar-refractivity contribution in [2.75, 3.05) is 5.32 Å². The number of nitrogens with one attached hydrogen (secondary N) is 1. The van der Waals surface area contributed by atoms with Crippen LogP contribution in [0.2, 0.25) is 0 Å². The molecule has 1 saturated carbocycles. The molecular weight excluding hydrogens is 300 g/mol. The summed E-state index contributed by atoms with van der Waals surface area (Å²) in [4.78, 5) is 28.0. The summed E-state index contributed by atoms with van der Waals surface area (Å²) in [5.74, 6) is -0.0118. The zero-order chi connectivity index (χ0) is 15.5. The van der Waals surface area contributed by atoms with Crippen molar-refractivity contribution in [2.24, 2.45) is 0 Å². The summed E-state index contributed by atoms with van der Waals surface area (Å²) in [7, 11) is 0. The van der Waals surface area contributed by atoms with Gasteiger partial charge in [-0.2, -0.15) is 0 Å². The van der Waals surface area contributed by atoms with Crippen molar-refractivity contribution in [1.29, 1.82) is 0 Å². The van der Waals surface area contributed by atoms with Gasteiger partial charge in [-0.15, -0.1) is 16.4 Å².